The summed E-state index contributed by atoms with van der Waals surface area (Å²) in [5, 5.41) is 1.69. The van der Waals surface area contributed by atoms with E-state index >= 15 is 0 Å². The van der Waals surface area contributed by atoms with Gasteiger partial charge in [0.25, 0.3) is 5.91 Å². The topological polar surface area (TPSA) is 66.9 Å². The predicted molar refractivity (Wildman–Crippen MR) is 115 cm³/mol. The van der Waals surface area contributed by atoms with Gasteiger partial charge in [0.15, 0.2) is 5.78 Å². The van der Waals surface area contributed by atoms with Crippen molar-refractivity contribution in [3.05, 3.63) is 57.8 Å². The zero-order valence-corrected chi connectivity index (χ0v) is 17.9. The monoisotopic (exact) mass is 426 g/mol. The lowest BCUT2D eigenvalue weighted by molar-refractivity contribution is -0.132. The molecule has 1 aromatic heterocycles. The van der Waals surface area contributed by atoms with Gasteiger partial charge >= 0.3 is 0 Å². The van der Waals surface area contributed by atoms with Gasteiger partial charge in [0.1, 0.15) is 6.54 Å². The lowest BCUT2D eigenvalue weighted by atomic mass is 10.2. The highest BCUT2D eigenvalue weighted by Gasteiger charge is 2.33. The number of carbonyl (C=O) groups is 3. The van der Waals surface area contributed by atoms with E-state index in [9.17, 15) is 14.4 Å². The van der Waals surface area contributed by atoms with Crippen molar-refractivity contribution in [1.82, 2.24) is 9.80 Å². The molecule has 158 valence electrons. The molecule has 1 saturated heterocycles. The maximum Gasteiger partial charge on any atom is 0.255 e. The molecule has 0 bridgehead atoms. The first-order valence-corrected chi connectivity index (χ1v) is 11.2. The van der Waals surface area contributed by atoms with E-state index in [1.54, 1.807) is 21.2 Å². The molecule has 2 fully saturated rings. The number of carbonyl (C=O) groups excluding carboxylic acids is 3. The summed E-state index contributed by atoms with van der Waals surface area (Å²) in [6, 6.07) is 11.5. The Bertz CT molecular complexity index is 922. The van der Waals surface area contributed by atoms with Gasteiger partial charge in [0, 0.05) is 31.6 Å². The molecule has 1 unspecified atom stereocenters. The molecule has 7 heteroatoms. The summed E-state index contributed by atoms with van der Waals surface area (Å²) >= 11 is 1.26. The molecular weight excluding hydrogens is 400 g/mol. The zero-order chi connectivity index (χ0) is 21.1. The Labute approximate surface area is 180 Å². The van der Waals surface area contributed by atoms with Crippen molar-refractivity contribution in [2.75, 3.05) is 26.2 Å². The van der Waals surface area contributed by atoms with Gasteiger partial charge in [-0.25, -0.2) is 0 Å². The molecule has 1 saturated carbocycles. The van der Waals surface area contributed by atoms with Crippen LogP contribution in [0.4, 0.5) is 0 Å². The van der Waals surface area contributed by atoms with E-state index < -0.39 is 0 Å². The molecule has 2 aliphatic rings. The molecule has 1 aliphatic heterocycles. The molecule has 0 spiro atoms. The first kappa shape index (κ1) is 20.8. The summed E-state index contributed by atoms with van der Waals surface area (Å²) in [6.45, 7) is 3.50. The Morgan fingerprint density at radius 2 is 1.93 bits per heavy atom. The van der Waals surface area contributed by atoms with E-state index in [2.05, 4.69) is 0 Å². The molecule has 2 aromatic rings. The van der Waals surface area contributed by atoms with Gasteiger partial charge in [-0.2, -0.15) is 0 Å². The normalized spacial score (nSPS) is 19.6. The van der Waals surface area contributed by atoms with Crippen LogP contribution in [0.25, 0.3) is 0 Å². The number of rotatable bonds is 7. The first-order chi connectivity index (χ1) is 14.5. The Hall–Kier alpha value is -2.51. The molecule has 4 rings (SSSR count). The molecule has 0 radical (unpaired) electrons. The number of ketones is 1. The molecule has 30 heavy (non-hydrogen) atoms. The van der Waals surface area contributed by atoms with E-state index in [1.807, 2.05) is 30.3 Å². The molecule has 2 amide bonds. The lowest BCUT2D eigenvalue weighted by Crippen LogP contribution is -2.39. The van der Waals surface area contributed by atoms with Crippen LogP contribution in [0.5, 0.6) is 0 Å². The molecule has 1 aromatic carbocycles. The average molecular weight is 427 g/mol. The zero-order valence-electron chi connectivity index (χ0n) is 17.1. The summed E-state index contributed by atoms with van der Waals surface area (Å²) in [7, 11) is 0. The quantitative estimate of drug-likeness (QED) is 0.638. The predicted octanol–water partition coefficient (Wildman–Crippen LogP) is 3.23. The van der Waals surface area contributed by atoms with Gasteiger partial charge in [-0.15, -0.1) is 11.3 Å². The van der Waals surface area contributed by atoms with Gasteiger partial charge in [0.2, 0.25) is 5.91 Å². The molecule has 1 aliphatic carbocycles. The Balaban J connectivity index is 1.51. The highest BCUT2D eigenvalue weighted by molar-refractivity contribution is 7.12. The van der Waals surface area contributed by atoms with Crippen LogP contribution in [0.15, 0.2) is 41.8 Å². The van der Waals surface area contributed by atoms with Gasteiger partial charge in [-0.05, 0) is 37.3 Å². The number of hydrogen-bond donors (Lipinski definition) is 0. The van der Waals surface area contributed by atoms with Crippen molar-refractivity contribution in [2.24, 2.45) is 5.92 Å². The largest absolute Gasteiger partial charge is 0.374 e. The molecule has 0 N–H and O–H groups in total. The number of benzene rings is 1. The summed E-state index contributed by atoms with van der Waals surface area (Å²) in [5.74, 6) is 0.219. The van der Waals surface area contributed by atoms with Crippen molar-refractivity contribution in [3.8, 4) is 0 Å². The van der Waals surface area contributed by atoms with Gasteiger partial charge in [-0.1, -0.05) is 30.3 Å². The third-order valence-electron chi connectivity index (χ3n) is 5.49. The number of nitrogens with zero attached hydrogens (tertiary/aromatic N) is 2. The van der Waals surface area contributed by atoms with E-state index in [0.717, 1.165) is 5.56 Å². The van der Waals surface area contributed by atoms with Gasteiger partial charge in [0.05, 0.1) is 16.5 Å². The SMILES string of the molecule is CC(=O)c1cc(C(=O)N2CC(=O)N(Cc3ccccc3)CC(OCC3CC3)C2)cs1. The minimum Gasteiger partial charge on any atom is -0.374 e. The molecule has 1 atom stereocenters. The van der Waals surface area contributed by atoms with E-state index in [0.29, 0.717) is 42.6 Å². The summed E-state index contributed by atoms with van der Waals surface area (Å²) in [5.41, 5.74) is 1.51. The second kappa shape index (κ2) is 9.10. The Morgan fingerprint density at radius 3 is 2.60 bits per heavy atom. The standard InChI is InChI=1S/C23H26N2O4S/c1-16(26)21-9-19(15-30-21)23(28)25-12-20(29-14-18-7-8-18)11-24(22(27)13-25)10-17-5-3-2-4-6-17/h2-6,9,15,18,20H,7-8,10-14H2,1H3. The molecular formula is C23H26N2O4S. The van der Waals surface area contributed by atoms with Crippen molar-refractivity contribution < 1.29 is 19.1 Å². The van der Waals surface area contributed by atoms with Crippen LogP contribution in [-0.2, 0) is 16.1 Å². The van der Waals surface area contributed by atoms with Gasteiger partial charge < -0.3 is 14.5 Å². The van der Waals surface area contributed by atoms with Crippen LogP contribution < -0.4 is 0 Å². The fourth-order valence-electron chi connectivity index (χ4n) is 3.57. The van der Waals surface area contributed by atoms with Crippen LogP contribution >= 0.6 is 11.3 Å². The summed E-state index contributed by atoms with van der Waals surface area (Å²) in [6.07, 6.45) is 2.14. The van der Waals surface area contributed by atoms with E-state index in [-0.39, 0.29) is 30.2 Å². The lowest BCUT2D eigenvalue weighted by Gasteiger charge is -2.25. The van der Waals surface area contributed by atoms with E-state index in [4.69, 9.17) is 4.74 Å². The minimum absolute atomic E-state index is 0.0141. The second-order valence-electron chi connectivity index (χ2n) is 8.10. The maximum atomic E-state index is 13.1. The van der Waals surface area contributed by atoms with Crippen LogP contribution in [0.2, 0.25) is 0 Å². The van der Waals surface area contributed by atoms with Crippen molar-refractivity contribution in [1.29, 1.82) is 0 Å². The average Bonchev–Trinajstić information content (AvgIpc) is 3.46. The maximum absolute atomic E-state index is 13.1. The van der Waals surface area contributed by atoms with Crippen LogP contribution in [0.1, 0.15) is 45.4 Å². The number of amides is 2. The molecule has 2 heterocycles. The Kier molecular flexibility index (Phi) is 6.29. The van der Waals surface area contributed by atoms with Crippen molar-refractivity contribution in [2.45, 2.75) is 32.4 Å². The first-order valence-electron chi connectivity index (χ1n) is 10.3. The minimum atomic E-state index is -0.228. The Morgan fingerprint density at radius 1 is 1.17 bits per heavy atom. The fraction of sp³-hybridized carbons (Fsp3) is 0.435. The van der Waals surface area contributed by atoms with Crippen molar-refractivity contribution in [3.63, 3.8) is 0 Å². The van der Waals surface area contributed by atoms with E-state index in [1.165, 1.54) is 31.1 Å². The summed E-state index contributed by atoms with van der Waals surface area (Å²) < 4.78 is 6.12. The molecule has 6 nitrogen and oxygen atoms in total. The van der Waals surface area contributed by atoms with Crippen LogP contribution in [-0.4, -0.2) is 59.7 Å². The third kappa shape index (κ3) is 5.15. The van der Waals surface area contributed by atoms with Crippen molar-refractivity contribution >= 4 is 28.9 Å². The highest BCUT2D eigenvalue weighted by Crippen LogP contribution is 2.29. The number of Topliss-reactive ketones (excluding diaryl/α,β-unsaturated/α-hetero) is 1. The smallest absolute Gasteiger partial charge is 0.255 e. The third-order valence-corrected chi connectivity index (χ3v) is 6.52. The number of hydrogen-bond acceptors (Lipinski definition) is 5. The van der Waals surface area contributed by atoms with Gasteiger partial charge in [-0.3, -0.25) is 14.4 Å². The van der Waals surface area contributed by atoms with Crippen LogP contribution in [0, 0.1) is 5.92 Å². The van der Waals surface area contributed by atoms with Crippen LogP contribution in [0.3, 0.4) is 0 Å². The second-order valence-corrected chi connectivity index (χ2v) is 9.01. The summed E-state index contributed by atoms with van der Waals surface area (Å²) in [4.78, 5) is 41.6. The number of thiophene rings is 1. The fourth-order valence-corrected chi connectivity index (χ4v) is 4.35. The number of ether oxygens (including phenoxy) is 1. The highest BCUT2D eigenvalue weighted by atomic mass is 32.1.